The molecule has 17 heavy (non-hydrogen) atoms. The van der Waals surface area contributed by atoms with Crippen LogP contribution >= 0.6 is 22.9 Å². The molecule has 0 saturated carbocycles. The van der Waals surface area contributed by atoms with Crippen molar-refractivity contribution in [2.45, 2.75) is 26.4 Å². The van der Waals surface area contributed by atoms with E-state index >= 15 is 0 Å². The van der Waals surface area contributed by atoms with Crippen molar-refractivity contribution in [3.05, 3.63) is 34.1 Å². The monoisotopic (exact) mass is 268 g/mol. The van der Waals surface area contributed by atoms with Gasteiger partial charge in [-0.05, 0) is 39.0 Å². The Kier molecular flexibility index (Phi) is 3.21. The van der Waals surface area contributed by atoms with Gasteiger partial charge in [-0.15, -0.1) is 11.3 Å². The molecule has 0 spiro atoms. The van der Waals surface area contributed by atoms with Gasteiger partial charge in [-0.25, -0.2) is 9.97 Å². The van der Waals surface area contributed by atoms with Gasteiger partial charge < -0.3 is 5.11 Å². The standard InChI is InChI=1S/C12H13ClN2OS/c1-7-6-8(9-4-5-10(13)17-9)15-11(14-7)12(2,3)16/h4-6,16H,1-3H3. The molecule has 0 atom stereocenters. The van der Waals surface area contributed by atoms with Crippen LogP contribution in [0, 0.1) is 6.92 Å². The summed E-state index contributed by atoms with van der Waals surface area (Å²) in [4.78, 5) is 9.60. The Morgan fingerprint density at radius 1 is 1.29 bits per heavy atom. The molecule has 0 radical (unpaired) electrons. The van der Waals surface area contributed by atoms with Gasteiger partial charge in [0.1, 0.15) is 5.60 Å². The minimum atomic E-state index is -1.04. The average molecular weight is 269 g/mol. The second kappa shape index (κ2) is 4.37. The van der Waals surface area contributed by atoms with Gasteiger partial charge in [0, 0.05) is 5.69 Å². The predicted molar refractivity (Wildman–Crippen MR) is 70.3 cm³/mol. The lowest BCUT2D eigenvalue weighted by Crippen LogP contribution is -2.20. The fourth-order valence-electron chi connectivity index (χ4n) is 1.42. The van der Waals surface area contributed by atoms with Crippen LogP contribution in [0.4, 0.5) is 0 Å². The third kappa shape index (κ3) is 2.83. The summed E-state index contributed by atoms with van der Waals surface area (Å²) in [5.74, 6) is 0.428. The first-order valence-corrected chi connectivity index (χ1v) is 6.40. The third-order valence-electron chi connectivity index (χ3n) is 2.23. The summed E-state index contributed by atoms with van der Waals surface area (Å²) in [6.07, 6.45) is 0. The molecule has 0 unspecified atom stereocenters. The zero-order valence-corrected chi connectivity index (χ0v) is 11.4. The number of thiophene rings is 1. The number of nitrogens with zero attached hydrogens (tertiary/aromatic N) is 2. The number of hydrogen-bond donors (Lipinski definition) is 1. The van der Waals surface area contributed by atoms with Crippen molar-refractivity contribution in [1.82, 2.24) is 9.97 Å². The fourth-order valence-corrected chi connectivity index (χ4v) is 2.42. The van der Waals surface area contributed by atoms with Crippen LogP contribution in [0.5, 0.6) is 0 Å². The highest BCUT2D eigenvalue weighted by Gasteiger charge is 2.21. The van der Waals surface area contributed by atoms with Crippen molar-refractivity contribution in [3.8, 4) is 10.6 Å². The molecule has 90 valence electrons. The maximum absolute atomic E-state index is 9.94. The molecule has 0 aliphatic carbocycles. The molecule has 5 heteroatoms. The molecular weight excluding hydrogens is 256 g/mol. The van der Waals surface area contributed by atoms with E-state index < -0.39 is 5.60 Å². The van der Waals surface area contributed by atoms with Gasteiger partial charge in [-0.3, -0.25) is 0 Å². The van der Waals surface area contributed by atoms with Crippen LogP contribution < -0.4 is 0 Å². The van der Waals surface area contributed by atoms with E-state index in [2.05, 4.69) is 9.97 Å². The van der Waals surface area contributed by atoms with Crippen LogP contribution in [-0.2, 0) is 5.60 Å². The normalized spacial score (nSPS) is 11.8. The molecule has 2 rings (SSSR count). The largest absolute Gasteiger partial charge is 0.382 e. The molecule has 2 aromatic heterocycles. The molecule has 0 aromatic carbocycles. The second-order valence-electron chi connectivity index (χ2n) is 4.38. The van der Waals surface area contributed by atoms with Crippen LogP contribution in [0.2, 0.25) is 4.34 Å². The lowest BCUT2D eigenvalue weighted by Gasteiger charge is -2.16. The molecule has 0 fully saturated rings. The highest BCUT2D eigenvalue weighted by molar-refractivity contribution is 7.19. The fraction of sp³-hybridized carbons (Fsp3) is 0.333. The highest BCUT2D eigenvalue weighted by atomic mass is 35.5. The van der Waals surface area contributed by atoms with Crippen molar-refractivity contribution in [2.75, 3.05) is 0 Å². The molecule has 0 aliphatic heterocycles. The first kappa shape index (κ1) is 12.5. The van der Waals surface area contributed by atoms with Crippen molar-refractivity contribution in [3.63, 3.8) is 0 Å². The van der Waals surface area contributed by atoms with E-state index in [-0.39, 0.29) is 0 Å². The summed E-state index contributed by atoms with van der Waals surface area (Å²) in [5.41, 5.74) is 0.588. The molecule has 3 nitrogen and oxygen atoms in total. The van der Waals surface area contributed by atoms with Crippen molar-refractivity contribution < 1.29 is 5.11 Å². The summed E-state index contributed by atoms with van der Waals surface area (Å²) in [6.45, 7) is 5.23. The van der Waals surface area contributed by atoms with E-state index in [1.807, 2.05) is 25.1 Å². The summed E-state index contributed by atoms with van der Waals surface area (Å²) >= 11 is 7.37. The Labute approximate surface area is 109 Å². The SMILES string of the molecule is Cc1cc(-c2ccc(Cl)s2)nc(C(C)(C)O)n1. The van der Waals surface area contributed by atoms with Gasteiger partial charge in [-0.1, -0.05) is 11.6 Å². The van der Waals surface area contributed by atoms with Crippen molar-refractivity contribution >= 4 is 22.9 Å². The van der Waals surface area contributed by atoms with Gasteiger partial charge in [0.15, 0.2) is 5.82 Å². The van der Waals surface area contributed by atoms with Gasteiger partial charge in [0.2, 0.25) is 0 Å². The topological polar surface area (TPSA) is 46.0 Å². The predicted octanol–water partition coefficient (Wildman–Crippen LogP) is 3.39. The lowest BCUT2D eigenvalue weighted by molar-refractivity contribution is 0.0686. The van der Waals surface area contributed by atoms with E-state index in [9.17, 15) is 5.11 Å². The van der Waals surface area contributed by atoms with Crippen molar-refractivity contribution in [1.29, 1.82) is 0 Å². The number of aromatic nitrogens is 2. The quantitative estimate of drug-likeness (QED) is 0.908. The number of aryl methyl sites for hydroxylation is 1. The second-order valence-corrected chi connectivity index (χ2v) is 6.10. The molecule has 0 amide bonds. The van der Waals surface area contributed by atoms with E-state index in [1.54, 1.807) is 13.8 Å². The Morgan fingerprint density at radius 3 is 2.53 bits per heavy atom. The maximum Gasteiger partial charge on any atom is 0.160 e. The molecular formula is C12H13ClN2OS. The van der Waals surface area contributed by atoms with Crippen molar-refractivity contribution in [2.24, 2.45) is 0 Å². The van der Waals surface area contributed by atoms with Crippen LogP contribution in [0.15, 0.2) is 18.2 Å². The van der Waals surface area contributed by atoms with Crippen LogP contribution in [0.1, 0.15) is 25.4 Å². The minimum absolute atomic E-state index is 0.428. The molecule has 0 saturated heterocycles. The molecule has 0 aliphatic rings. The van der Waals surface area contributed by atoms with Gasteiger partial charge in [0.25, 0.3) is 0 Å². The Hall–Kier alpha value is -0.970. The summed E-state index contributed by atoms with van der Waals surface area (Å²) in [7, 11) is 0. The zero-order valence-electron chi connectivity index (χ0n) is 9.86. The first-order chi connectivity index (χ1) is 7.86. The summed E-state index contributed by atoms with van der Waals surface area (Å²) in [6, 6.07) is 5.64. The van der Waals surface area contributed by atoms with E-state index in [4.69, 9.17) is 11.6 Å². The van der Waals surface area contributed by atoms with Crippen LogP contribution in [-0.4, -0.2) is 15.1 Å². The molecule has 2 heterocycles. The lowest BCUT2D eigenvalue weighted by atomic mass is 10.1. The van der Waals surface area contributed by atoms with Gasteiger partial charge in [0.05, 0.1) is 14.9 Å². The third-order valence-corrected chi connectivity index (χ3v) is 3.48. The molecule has 0 bridgehead atoms. The molecule has 2 aromatic rings. The Morgan fingerprint density at radius 2 is 2.00 bits per heavy atom. The van der Waals surface area contributed by atoms with Crippen LogP contribution in [0.3, 0.4) is 0 Å². The number of rotatable bonds is 2. The van der Waals surface area contributed by atoms with Gasteiger partial charge >= 0.3 is 0 Å². The highest BCUT2D eigenvalue weighted by Crippen LogP contribution is 2.31. The summed E-state index contributed by atoms with van der Waals surface area (Å²) < 4.78 is 0.723. The summed E-state index contributed by atoms with van der Waals surface area (Å²) in [5, 5.41) is 9.94. The average Bonchev–Trinajstić information content (AvgIpc) is 2.62. The first-order valence-electron chi connectivity index (χ1n) is 5.20. The Bertz CT molecular complexity index is 546. The minimum Gasteiger partial charge on any atom is -0.382 e. The number of hydrogen-bond acceptors (Lipinski definition) is 4. The molecule has 1 N–H and O–H groups in total. The zero-order chi connectivity index (χ0) is 12.6. The number of aliphatic hydroxyl groups is 1. The van der Waals surface area contributed by atoms with E-state index in [1.165, 1.54) is 11.3 Å². The van der Waals surface area contributed by atoms with Crippen LogP contribution in [0.25, 0.3) is 10.6 Å². The number of halogens is 1. The smallest absolute Gasteiger partial charge is 0.160 e. The van der Waals surface area contributed by atoms with Gasteiger partial charge in [-0.2, -0.15) is 0 Å². The Balaban J connectivity index is 2.52. The van der Waals surface area contributed by atoms with E-state index in [0.29, 0.717) is 5.82 Å². The van der Waals surface area contributed by atoms with E-state index in [0.717, 1.165) is 20.6 Å². The maximum atomic E-state index is 9.94.